The van der Waals surface area contributed by atoms with Gasteiger partial charge >= 0.3 is 0 Å². The number of piperidine rings is 1. The highest BCUT2D eigenvalue weighted by Gasteiger charge is 2.58. The van der Waals surface area contributed by atoms with Crippen LogP contribution < -0.4 is 5.32 Å². The van der Waals surface area contributed by atoms with Crippen molar-refractivity contribution in [1.29, 1.82) is 0 Å². The van der Waals surface area contributed by atoms with Gasteiger partial charge in [0.25, 0.3) is 0 Å². The molecule has 0 aromatic heterocycles. The minimum absolute atomic E-state index is 0. The Morgan fingerprint density at radius 1 is 1.25 bits per heavy atom. The van der Waals surface area contributed by atoms with Crippen LogP contribution in [0.1, 0.15) is 57.6 Å². The normalized spacial score (nSPS) is 22.5. The molecule has 2 unspecified atom stereocenters. The first kappa shape index (κ1) is 19.3. The molecule has 1 amide bonds. The summed E-state index contributed by atoms with van der Waals surface area (Å²) in [6.45, 7) is 7.39. The van der Waals surface area contributed by atoms with Gasteiger partial charge in [-0.25, -0.2) is 0 Å². The topological polar surface area (TPSA) is 32.3 Å². The fourth-order valence-corrected chi connectivity index (χ4v) is 4.35. The van der Waals surface area contributed by atoms with Crippen molar-refractivity contribution in [2.24, 2.45) is 11.3 Å². The van der Waals surface area contributed by atoms with E-state index in [9.17, 15) is 4.79 Å². The first-order valence-corrected chi connectivity index (χ1v) is 9.28. The summed E-state index contributed by atoms with van der Waals surface area (Å²) in [6, 6.07) is 10.8. The van der Waals surface area contributed by atoms with Crippen LogP contribution in [0.3, 0.4) is 0 Å². The van der Waals surface area contributed by atoms with Crippen LogP contribution in [0.5, 0.6) is 0 Å². The van der Waals surface area contributed by atoms with E-state index in [1.807, 2.05) is 6.07 Å². The van der Waals surface area contributed by atoms with Gasteiger partial charge in [0.15, 0.2) is 0 Å². The van der Waals surface area contributed by atoms with E-state index >= 15 is 0 Å². The van der Waals surface area contributed by atoms with Crippen LogP contribution in [0, 0.1) is 11.3 Å². The van der Waals surface area contributed by atoms with E-state index in [0.29, 0.717) is 11.3 Å². The van der Waals surface area contributed by atoms with Crippen molar-refractivity contribution in [3.8, 4) is 0 Å². The second-order valence-electron chi connectivity index (χ2n) is 7.24. The Kier molecular flexibility index (Phi) is 6.70. The standard InChI is InChI=1S/C20H30N2O.ClH/c1-3-14-22(18(4-2)16-8-6-5-7-9-16)19(23)17-15-20(17)10-12-21-13-11-20;/h5-9,17-18,21H,3-4,10-15H2,1-2H3;1H. The third kappa shape index (κ3) is 3.78. The largest absolute Gasteiger partial charge is 0.335 e. The smallest absolute Gasteiger partial charge is 0.226 e. The highest BCUT2D eigenvalue weighted by molar-refractivity contribution is 5.85. The Morgan fingerprint density at radius 3 is 2.50 bits per heavy atom. The van der Waals surface area contributed by atoms with Gasteiger partial charge in [0.2, 0.25) is 5.91 Å². The SMILES string of the molecule is CCCN(C(=O)C1CC12CCNCC2)C(CC)c1ccccc1.Cl. The Morgan fingerprint density at radius 2 is 1.92 bits per heavy atom. The zero-order valence-corrected chi connectivity index (χ0v) is 15.8. The summed E-state index contributed by atoms with van der Waals surface area (Å²) >= 11 is 0. The molecule has 3 rings (SSSR count). The molecule has 1 spiro atoms. The third-order valence-corrected chi connectivity index (χ3v) is 5.78. The predicted molar refractivity (Wildman–Crippen MR) is 101 cm³/mol. The minimum atomic E-state index is 0. The van der Waals surface area contributed by atoms with E-state index < -0.39 is 0 Å². The van der Waals surface area contributed by atoms with Crippen molar-refractivity contribution >= 4 is 18.3 Å². The summed E-state index contributed by atoms with van der Waals surface area (Å²) in [6.07, 6.45) is 5.46. The van der Waals surface area contributed by atoms with Crippen molar-refractivity contribution in [1.82, 2.24) is 10.2 Å². The summed E-state index contributed by atoms with van der Waals surface area (Å²) < 4.78 is 0. The zero-order valence-electron chi connectivity index (χ0n) is 15.0. The molecule has 4 heteroatoms. The molecule has 3 nitrogen and oxygen atoms in total. The molecule has 1 aromatic carbocycles. The van der Waals surface area contributed by atoms with E-state index in [4.69, 9.17) is 0 Å². The number of carbonyl (C=O) groups excluding carboxylic acids is 1. The summed E-state index contributed by atoms with van der Waals surface area (Å²) in [5.74, 6) is 0.679. The first-order valence-electron chi connectivity index (χ1n) is 9.28. The summed E-state index contributed by atoms with van der Waals surface area (Å²) in [5, 5.41) is 3.43. The summed E-state index contributed by atoms with van der Waals surface area (Å²) in [5.41, 5.74) is 1.60. The average molecular weight is 351 g/mol. The van der Waals surface area contributed by atoms with Crippen LogP contribution in [0.15, 0.2) is 30.3 Å². The molecule has 0 radical (unpaired) electrons. The number of rotatable bonds is 6. The summed E-state index contributed by atoms with van der Waals surface area (Å²) in [4.78, 5) is 15.4. The molecule has 1 aromatic rings. The molecule has 2 aliphatic rings. The van der Waals surface area contributed by atoms with Gasteiger partial charge in [-0.1, -0.05) is 44.2 Å². The molecule has 2 fully saturated rings. The van der Waals surface area contributed by atoms with Crippen molar-refractivity contribution in [3.63, 3.8) is 0 Å². The fraction of sp³-hybridized carbons (Fsp3) is 0.650. The molecule has 1 saturated heterocycles. The molecule has 1 aliphatic heterocycles. The van der Waals surface area contributed by atoms with Crippen LogP contribution >= 0.6 is 12.4 Å². The lowest BCUT2D eigenvalue weighted by molar-refractivity contribution is -0.136. The molecular weight excluding hydrogens is 320 g/mol. The third-order valence-electron chi connectivity index (χ3n) is 5.78. The molecule has 24 heavy (non-hydrogen) atoms. The molecular formula is C20H31ClN2O. The average Bonchev–Trinajstić information content (AvgIpc) is 3.28. The zero-order chi connectivity index (χ0) is 16.3. The number of hydrogen-bond acceptors (Lipinski definition) is 2. The van der Waals surface area contributed by atoms with Crippen molar-refractivity contribution < 1.29 is 4.79 Å². The van der Waals surface area contributed by atoms with Crippen LogP contribution in [0.25, 0.3) is 0 Å². The molecule has 1 N–H and O–H groups in total. The van der Waals surface area contributed by atoms with E-state index in [1.54, 1.807) is 0 Å². The molecule has 1 heterocycles. The molecule has 1 aliphatic carbocycles. The van der Waals surface area contributed by atoms with Crippen molar-refractivity contribution in [3.05, 3.63) is 35.9 Å². The molecule has 134 valence electrons. The van der Waals surface area contributed by atoms with E-state index in [2.05, 4.69) is 48.3 Å². The van der Waals surface area contributed by atoms with E-state index in [-0.39, 0.29) is 24.4 Å². The van der Waals surface area contributed by atoms with Gasteiger partial charge in [-0.3, -0.25) is 4.79 Å². The second kappa shape index (κ2) is 8.35. The van der Waals surface area contributed by atoms with Gasteiger partial charge in [0.05, 0.1) is 6.04 Å². The lowest BCUT2D eigenvalue weighted by atomic mass is 9.91. The van der Waals surface area contributed by atoms with Crippen LogP contribution in [0.2, 0.25) is 0 Å². The lowest BCUT2D eigenvalue weighted by Gasteiger charge is -2.33. The van der Waals surface area contributed by atoms with Gasteiger partial charge < -0.3 is 10.2 Å². The fourth-order valence-electron chi connectivity index (χ4n) is 4.35. The molecule has 0 bridgehead atoms. The lowest BCUT2D eigenvalue weighted by Crippen LogP contribution is -2.39. The van der Waals surface area contributed by atoms with Gasteiger partial charge in [-0.15, -0.1) is 12.4 Å². The Labute approximate surface area is 152 Å². The molecule has 1 saturated carbocycles. The number of amides is 1. The van der Waals surface area contributed by atoms with Crippen LogP contribution in [-0.4, -0.2) is 30.4 Å². The highest BCUT2D eigenvalue weighted by Crippen LogP contribution is 2.59. The minimum Gasteiger partial charge on any atom is -0.335 e. The van der Waals surface area contributed by atoms with Crippen LogP contribution in [0.4, 0.5) is 0 Å². The quantitative estimate of drug-likeness (QED) is 0.834. The number of benzene rings is 1. The Hall–Kier alpha value is -1.06. The number of hydrogen-bond donors (Lipinski definition) is 1. The maximum absolute atomic E-state index is 13.2. The molecule has 2 atom stereocenters. The van der Waals surface area contributed by atoms with E-state index in [1.165, 1.54) is 18.4 Å². The van der Waals surface area contributed by atoms with Gasteiger partial charge in [0.1, 0.15) is 0 Å². The van der Waals surface area contributed by atoms with E-state index in [0.717, 1.165) is 38.9 Å². The Bertz CT molecular complexity index is 528. The van der Waals surface area contributed by atoms with Crippen LogP contribution in [-0.2, 0) is 4.79 Å². The number of nitrogens with zero attached hydrogens (tertiary/aromatic N) is 1. The predicted octanol–water partition coefficient (Wildman–Crippen LogP) is 4.19. The maximum atomic E-state index is 13.2. The van der Waals surface area contributed by atoms with Gasteiger partial charge in [0, 0.05) is 12.5 Å². The Balaban J connectivity index is 0.00000208. The number of halogens is 1. The van der Waals surface area contributed by atoms with Crippen molar-refractivity contribution in [2.75, 3.05) is 19.6 Å². The van der Waals surface area contributed by atoms with Crippen molar-refractivity contribution in [2.45, 2.75) is 52.0 Å². The number of carbonyl (C=O) groups is 1. The van der Waals surface area contributed by atoms with Gasteiger partial charge in [-0.05, 0) is 56.2 Å². The maximum Gasteiger partial charge on any atom is 0.226 e. The van der Waals surface area contributed by atoms with Gasteiger partial charge in [-0.2, -0.15) is 0 Å². The monoisotopic (exact) mass is 350 g/mol. The highest BCUT2D eigenvalue weighted by atomic mass is 35.5. The second-order valence-corrected chi connectivity index (χ2v) is 7.24. The number of nitrogens with one attached hydrogen (secondary N) is 1. The summed E-state index contributed by atoms with van der Waals surface area (Å²) in [7, 11) is 0. The first-order chi connectivity index (χ1) is 11.2.